The highest BCUT2D eigenvalue weighted by Crippen LogP contribution is 2.26. The van der Waals surface area contributed by atoms with E-state index in [2.05, 4.69) is 15.3 Å². The number of hydrogen-bond acceptors (Lipinski definition) is 5. The summed E-state index contributed by atoms with van der Waals surface area (Å²) in [4.78, 5) is 47.3. The topological polar surface area (TPSA) is 96.7 Å². The Morgan fingerprint density at radius 3 is 2.45 bits per heavy atom. The Hall–Kier alpha value is -4.33. The molecule has 152 valence electrons. The van der Waals surface area contributed by atoms with Crippen LogP contribution in [0.5, 0.6) is 0 Å². The van der Waals surface area contributed by atoms with E-state index in [9.17, 15) is 14.4 Å². The van der Waals surface area contributed by atoms with Crippen LogP contribution in [0.15, 0.2) is 67.0 Å². The molecule has 0 saturated heterocycles. The Bertz CT molecular complexity index is 1340. The standard InChI is InChI=1S/C23H17N5O3/c1-14-20(26-23-24-10-5-11-27(14)23)15-6-4-7-16(12-15)25-19(29)13-28-21(30)17-8-2-3-9-18(17)22(28)31/h2-12H,13H2,1H3,(H,25,29). The lowest BCUT2D eigenvalue weighted by atomic mass is 10.1. The molecule has 1 aliphatic heterocycles. The van der Waals surface area contributed by atoms with Gasteiger partial charge < -0.3 is 5.32 Å². The number of nitrogens with one attached hydrogen (secondary N) is 1. The second-order valence-corrected chi connectivity index (χ2v) is 7.21. The number of carbonyl (C=O) groups is 3. The van der Waals surface area contributed by atoms with Crippen molar-refractivity contribution in [2.75, 3.05) is 11.9 Å². The maximum Gasteiger partial charge on any atom is 0.262 e. The summed E-state index contributed by atoms with van der Waals surface area (Å²) in [5.74, 6) is -0.787. The van der Waals surface area contributed by atoms with Crippen LogP contribution >= 0.6 is 0 Å². The Kier molecular flexibility index (Phi) is 4.32. The first kappa shape index (κ1) is 18.7. The molecule has 3 heterocycles. The van der Waals surface area contributed by atoms with Gasteiger partial charge in [0.25, 0.3) is 11.8 Å². The monoisotopic (exact) mass is 411 g/mol. The summed E-state index contributed by atoms with van der Waals surface area (Å²) in [6.07, 6.45) is 3.57. The third kappa shape index (κ3) is 3.14. The van der Waals surface area contributed by atoms with Crippen LogP contribution in [-0.4, -0.2) is 43.5 Å². The highest BCUT2D eigenvalue weighted by atomic mass is 16.2. The van der Waals surface area contributed by atoms with E-state index in [0.29, 0.717) is 22.6 Å². The molecule has 0 aliphatic carbocycles. The summed E-state index contributed by atoms with van der Waals surface area (Å²) in [6.45, 7) is 1.60. The number of amides is 3. The van der Waals surface area contributed by atoms with Crippen LogP contribution in [0.1, 0.15) is 26.4 Å². The molecule has 0 unspecified atom stereocenters. The zero-order chi connectivity index (χ0) is 21.5. The molecule has 0 fully saturated rings. The molecule has 8 nitrogen and oxygen atoms in total. The van der Waals surface area contributed by atoms with Crippen molar-refractivity contribution in [3.63, 3.8) is 0 Å². The SMILES string of the molecule is Cc1c(-c2cccc(NC(=O)CN3C(=O)c4ccccc4C3=O)c2)nc2ncccn12. The van der Waals surface area contributed by atoms with Gasteiger partial charge in [0, 0.05) is 29.3 Å². The molecule has 2 aromatic carbocycles. The molecule has 31 heavy (non-hydrogen) atoms. The largest absolute Gasteiger partial charge is 0.325 e. The summed E-state index contributed by atoms with van der Waals surface area (Å²) >= 11 is 0. The number of rotatable bonds is 4. The van der Waals surface area contributed by atoms with Crippen molar-refractivity contribution >= 4 is 29.2 Å². The summed E-state index contributed by atoms with van der Waals surface area (Å²) in [5.41, 5.74) is 3.69. The van der Waals surface area contributed by atoms with Crippen molar-refractivity contribution in [2.45, 2.75) is 6.92 Å². The van der Waals surface area contributed by atoms with Gasteiger partial charge in [-0.1, -0.05) is 24.3 Å². The number of imidazole rings is 1. The maximum atomic E-state index is 12.6. The number of anilines is 1. The van der Waals surface area contributed by atoms with E-state index in [4.69, 9.17) is 0 Å². The van der Waals surface area contributed by atoms with Crippen molar-refractivity contribution in [1.29, 1.82) is 0 Å². The molecule has 2 aromatic heterocycles. The normalized spacial score (nSPS) is 13.0. The first-order valence-corrected chi connectivity index (χ1v) is 9.68. The fourth-order valence-electron chi connectivity index (χ4n) is 3.75. The van der Waals surface area contributed by atoms with Gasteiger partial charge in [0.2, 0.25) is 11.7 Å². The number of imide groups is 1. The van der Waals surface area contributed by atoms with E-state index in [1.807, 2.05) is 35.7 Å². The minimum absolute atomic E-state index is 0.318. The van der Waals surface area contributed by atoms with Crippen LogP contribution in [0.4, 0.5) is 5.69 Å². The summed E-state index contributed by atoms with van der Waals surface area (Å²) in [5, 5.41) is 2.76. The second-order valence-electron chi connectivity index (χ2n) is 7.21. The third-order valence-corrected chi connectivity index (χ3v) is 5.24. The van der Waals surface area contributed by atoms with Crippen LogP contribution in [-0.2, 0) is 4.79 Å². The molecule has 5 rings (SSSR count). The van der Waals surface area contributed by atoms with E-state index >= 15 is 0 Å². The van der Waals surface area contributed by atoms with Gasteiger partial charge in [-0.3, -0.25) is 23.7 Å². The van der Waals surface area contributed by atoms with Crippen molar-refractivity contribution in [2.24, 2.45) is 0 Å². The molecule has 0 radical (unpaired) electrons. The van der Waals surface area contributed by atoms with Gasteiger partial charge in [-0.2, -0.15) is 0 Å². The predicted octanol–water partition coefficient (Wildman–Crippen LogP) is 2.94. The lowest BCUT2D eigenvalue weighted by Crippen LogP contribution is -2.37. The van der Waals surface area contributed by atoms with Crippen molar-refractivity contribution in [3.8, 4) is 11.3 Å². The molecule has 0 saturated carbocycles. The Morgan fingerprint density at radius 1 is 1.00 bits per heavy atom. The number of benzene rings is 2. The average Bonchev–Trinajstić information content (AvgIpc) is 3.24. The molecular weight excluding hydrogens is 394 g/mol. The molecule has 4 aromatic rings. The molecule has 0 atom stereocenters. The third-order valence-electron chi connectivity index (χ3n) is 5.24. The zero-order valence-electron chi connectivity index (χ0n) is 16.6. The van der Waals surface area contributed by atoms with Crippen LogP contribution in [0, 0.1) is 6.92 Å². The highest BCUT2D eigenvalue weighted by molar-refractivity contribution is 6.22. The Morgan fingerprint density at radius 2 is 1.74 bits per heavy atom. The number of nitrogens with zero attached hydrogens (tertiary/aromatic N) is 4. The number of aromatic nitrogens is 3. The highest BCUT2D eigenvalue weighted by Gasteiger charge is 2.36. The van der Waals surface area contributed by atoms with E-state index in [0.717, 1.165) is 21.9 Å². The first-order valence-electron chi connectivity index (χ1n) is 9.68. The van der Waals surface area contributed by atoms with Gasteiger partial charge in [0.1, 0.15) is 6.54 Å². The first-order chi connectivity index (χ1) is 15.0. The smallest absolute Gasteiger partial charge is 0.262 e. The van der Waals surface area contributed by atoms with Crippen LogP contribution in [0.3, 0.4) is 0 Å². The van der Waals surface area contributed by atoms with Gasteiger partial charge >= 0.3 is 0 Å². The molecule has 8 heteroatoms. The Labute approximate surface area is 177 Å². The average molecular weight is 411 g/mol. The van der Waals surface area contributed by atoms with Gasteiger partial charge in [0.05, 0.1) is 16.8 Å². The van der Waals surface area contributed by atoms with Gasteiger partial charge in [-0.25, -0.2) is 9.97 Å². The van der Waals surface area contributed by atoms with Crippen LogP contribution in [0.2, 0.25) is 0 Å². The van der Waals surface area contributed by atoms with E-state index in [1.54, 1.807) is 42.6 Å². The van der Waals surface area contributed by atoms with Crippen LogP contribution in [0.25, 0.3) is 17.0 Å². The van der Waals surface area contributed by atoms with Crippen molar-refractivity contribution in [1.82, 2.24) is 19.3 Å². The fourth-order valence-corrected chi connectivity index (χ4v) is 3.75. The molecule has 0 spiro atoms. The van der Waals surface area contributed by atoms with E-state index in [1.165, 1.54) is 0 Å². The predicted molar refractivity (Wildman–Crippen MR) is 114 cm³/mol. The number of hydrogen-bond donors (Lipinski definition) is 1. The summed E-state index contributed by atoms with van der Waals surface area (Å²) in [6, 6.07) is 15.6. The summed E-state index contributed by atoms with van der Waals surface area (Å²) in [7, 11) is 0. The lowest BCUT2D eigenvalue weighted by Gasteiger charge is -2.14. The number of carbonyl (C=O) groups excluding carboxylic acids is 3. The lowest BCUT2D eigenvalue weighted by molar-refractivity contribution is -0.116. The molecule has 0 bridgehead atoms. The van der Waals surface area contributed by atoms with Gasteiger partial charge in [-0.05, 0) is 37.3 Å². The molecule has 1 N–H and O–H groups in total. The maximum absolute atomic E-state index is 12.6. The quantitative estimate of drug-likeness (QED) is 0.521. The number of fused-ring (bicyclic) bond motifs is 2. The van der Waals surface area contributed by atoms with Crippen molar-refractivity contribution < 1.29 is 14.4 Å². The molecule has 1 aliphatic rings. The zero-order valence-corrected chi connectivity index (χ0v) is 16.6. The van der Waals surface area contributed by atoms with Crippen molar-refractivity contribution in [3.05, 3.63) is 83.8 Å². The van der Waals surface area contributed by atoms with E-state index < -0.39 is 17.7 Å². The molecular formula is C23H17N5O3. The minimum atomic E-state index is -0.461. The number of aryl methyl sites for hydroxylation is 1. The molecule has 3 amide bonds. The second kappa shape index (κ2) is 7.17. The fraction of sp³-hybridized carbons (Fsp3) is 0.0870. The van der Waals surface area contributed by atoms with Gasteiger partial charge in [-0.15, -0.1) is 0 Å². The minimum Gasteiger partial charge on any atom is -0.325 e. The van der Waals surface area contributed by atoms with Gasteiger partial charge in [0.15, 0.2) is 0 Å². The van der Waals surface area contributed by atoms with Crippen LogP contribution < -0.4 is 5.32 Å². The summed E-state index contributed by atoms with van der Waals surface area (Å²) < 4.78 is 1.89. The van der Waals surface area contributed by atoms with E-state index in [-0.39, 0.29) is 6.54 Å². The Balaban J connectivity index is 1.35.